The van der Waals surface area contributed by atoms with E-state index in [0.717, 1.165) is 12.0 Å². The minimum Gasteiger partial charge on any atom is -0.508 e. The summed E-state index contributed by atoms with van der Waals surface area (Å²) < 4.78 is 0. The number of hydrogen-bond donors (Lipinski definition) is 1. The summed E-state index contributed by atoms with van der Waals surface area (Å²) in [5.74, 6) is 0.443. The first kappa shape index (κ1) is 11.5. The Hall–Kier alpha value is -1.02. The molecular weight excluding hydrogens is 198 g/mol. The summed E-state index contributed by atoms with van der Waals surface area (Å²) in [6, 6.07) is 8.92. The molecular formula is C14H21NO. The van der Waals surface area contributed by atoms with Crippen LogP contribution in [0, 0.1) is 0 Å². The van der Waals surface area contributed by atoms with Gasteiger partial charge in [-0.25, -0.2) is 0 Å². The number of rotatable bonds is 3. The van der Waals surface area contributed by atoms with Gasteiger partial charge >= 0.3 is 0 Å². The van der Waals surface area contributed by atoms with Gasteiger partial charge in [-0.1, -0.05) is 18.2 Å². The van der Waals surface area contributed by atoms with Gasteiger partial charge in [0.2, 0.25) is 0 Å². The van der Waals surface area contributed by atoms with Gasteiger partial charge in [0.05, 0.1) is 0 Å². The smallest absolute Gasteiger partial charge is 0.118 e. The van der Waals surface area contributed by atoms with Crippen molar-refractivity contribution in [2.24, 2.45) is 0 Å². The zero-order valence-electron chi connectivity index (χ0n) is 10.2. The fourth-order valence-electron chi connectivity index (χ4n) is 2.69. The number of aromatic hydroxyl groups is 1. The zero-order valence-corrected chi connectivity index (χ0v) is 10.2. The van der Waals surface area contributed by atoms with E-state index in [-0.39, 0.29) is 0 Å². The average Bonchev–Trinajstić information content (AvgIpc) is 2.69. The highest BCUT2D eigenvalue weighted by Gasteiger charge is 2.26. The monoisotopic (exact) mass is 219 g/mol. The summed E-state index contributed by atoms with van der Waals surface area (Å²) in [5.41, 5.74) is 1.08. The number of likely N-dealkylation sites (tertiary alicyclic amines) is 1. The molecule has 0 spiro atoms. The Morgan fingerprint density at radius 3 is 2.81 bits per heavy atom. The maximum Gasteiger partial charge on any atom is 0.118 e. The second-order valence-electron chi connectivity index (χ2n) is 4.96. The SMILES string of the molecule is CC(C)N1CCCC1Cc1ccccc1O. The molecule has 1 atom stereocenters. The van der Waals surface area contributed by atoms with Crippen LogP contribution in [0.15, 0.2) is 24.3 Å². The van der Waals surface area contributed by atoms with Crippen LogP contribution in [0.1, 0.15) is 32.3 Å². The van der Waals surface area contributed by atoms with Crippen LogP contribution in [-0.2, 0) is 6.42 Å². The number of phenolic OH excluding ortho intramolecular Hbond substituents is 1. The van der Waals surface area contributed by atoms with Gasteiger partial charge in [0.1, 0.15) is 5.75 Å². The highest BCUT2D eigenvalue weighted by molar-refractivity contribution is 5.32. The van der Waals surface area contributed by atoms with E-state index >= 15 is 0 Å². The first-order chi connectivity index (χ1) is 7.68. The lowest BCUT2D eigenvalue weighted by Gasteiger charge is -2.28. The van der Waals surface area contributed by atoms with Crippen molar-refractivity contribution in [3.05, 3.63) is 29.8 Å². The Balaban J connectivity index is 2.07. The topological polar surface area (TPSA) is 23.5 Å². The van der Waals surface area contributed by atoms with Gasteiger partial charge in [-0.05, 0) is 51.3 Å². The summed E-state index contributed by atoms with van der Waals surface area (Å²) in [6.07, 6.45) is 3.52. The van der Waals surface area contributed by atoms with Crippen molar-refractivity contribution >= 4 is 0 Å². The van der Waals surface area contributed by atoms with Gasteiger partial charge in [-0.3, -0.25) is 4.90 Å². The lowest BCUT2D eigenvalue weighted by molar-refractivity contribution is 0.202. The maximum absolute atomic E-state index is 9.78. The fourth-order valence-corrected chi connectivity index (χ4v) is 2.69. The molecule has 2 rings (SSSR count). The van der Waals surface area contributed by atoms with Crippen molar-refractivity contribution < 1.29 is 5.11 Å². The number of nitrogens with zero attached hydrogens (tertiary/aromatic N) is 1. The van der Waals surface area contributed by atoms with Crippen LogP contribution < -0.4 is 0 Å². The first-order valence-corrected chi connectivity index (χ1v) is 6.21. The molecule has 0 aromatic heterocycles. The molecule has 0 aliphatic carbocycles. The van der Waals surface area contributed by atoms with E-state index in [9.17, 15) is 5.11 Å². The predicted molar refractivity (Wildman–Crippen MR) is 66.7 cm³/mol. The molecule has 0 bridgehead atoms. The van der Waals surface area contributed by atoms with Gasteiger partial charge in [-0.15, -0.1) is 0 Å². The molecule has 1 aliphatic rings. The second kappa shape index (κ2) is 4.88. The maximum atomic E-state index is 9.78. The predicted octanol–water partition coefficient (Wildman–Crippen LogP) is 2.81. The molecule has 1 heterocycles. The zero-order chi connectivity index (χ0) is 11.5. The second-order valence-corrected chi connectivity index (χ2v) is 4.96. The molecule has 2 heteroatoms. The third-order valence-electron chi connectivity index (χ3n) is 3.53. The van der Waals surface area contributed by atoms with Gasteiger partial charge in [-0.2, -0.15) is 0 Å². The highest BCUT2D eigenvalue weighted by atomic mass is 16.3. The minimum atomic E-state index is 0.443. The number of phenols is 1. The van der Waals surface area contributed by atoms with Crippen molar-refractivity contribution in [2.75, 3.05) is 6.54 Å². The molecule has 16 heavy (non-hydrogen) atoms. The standard InChI is InChI=1S/C14H21NO/c1-11(2)15-9-5-7-13(15)10-12-6-3-4-8-14(12)16/h3-4,6,8,11,13,16H,5,7,9-10H2,1-2H3. The quantitative estimate of drug-likeness (QED) is 0.845. The van der Waals surface area contributed by atoms with Crippen LogP contribution in [0.3, 0.4) is 0 Å². The van der Waals surface area contributed by atoms with E-state index in [1.54, 1.807) is 6.07 Å². The third kappa shape index (κ3) is 2.38. The van der Waals surface area contributed by atoms with Crippen LogP contribution >= 0.6 is 0 Å². The Bertz CT molecular complexity index is 348. The van der Waals surface area contributed by atoms with Crippen LogP contribution in [0.25, 0.3) is 0 Å². The van der Waals surface area contributed by atoms with Crippen molar-refractivity contribution in [3.8, 4) is 5.75 Å². The summed E-state index contributed by atoms with van der Waals surface area (Å²) in [6.45, 7) is 5.71. The van der Waals surface area contributed by atoms with E-state index in [0.29, 0.717) is 17.8 Å². The molecule has 1 N–H and O–H groups in total. The number of para-hydroxylation sites is 1. The van der Waals surface area contributed by atoms with Crippen molar-refractivity contribution in [3.63, 3.8) is 0 Å². The van der Waals surface area contributed by atoms with Crippen molar-refractivity contribution in [1.82, 2.24) is 4.90 Å². The van der Waals surface area contributed by atoms with E-state index in [4.69, 9.17) is 0 Å². The average molecular weight is 219 g/mol. The van der Waals surface area contributed by atoms with E-state index < -0.39 is 0 Å². The summed E-state index contributed by atoms with van der Waals surface area (Å²) >= 11 is 0. The van der Waals surface area contributed by atoms with Gasteiger partial charge in [0, 0.05) is 12.1 Å². The number of benzene rings is 1. The normalized spacial score (nSPS) is 21.8. The van der Waals surface area contributed by atoms with Crippen LogP contribution in [0.2, 0.25) is 0 Å². The molecule has 88 valence electrons. The molecule has 1 unspecified atom stereocenters. The Labute approximate surface area is 97.9 Å². The molecule has 1 aromatic rings. The Morgan fingerprint density at radius 2 is 2.12 bits per heavy atom. The van der Waals surface area contributed by atoms with Crippen molar-refractivity contribution in [2.45, 2.75) is 45.2 Å². The highest BCUT2D eigenvalue weighted by Crippen LogP contribution is 2.26. The first-order valence-electron chi connectivity index (χ1n) is 6.21. The fraction of sp³-hybridized carbons (Fsp3) is 0.571. The van der Waals surface area contributed by atoms with E-state index in [1.165, 1.54) is 19.4 Å². The molecule has 0 saturated carbocycles. The lowest BCUT2D eigenvalue weighted by Crippen LogP contribution is -2.36. The summed E-state index contributed by atoms with van der Waals surface area (Å²) in [7, 11) is 0. The van der Waals surface area contributed by atoms with Gasteiger partial charge < -0.3 is 5.11 Å². The van der Waals surface area contributed by atoms with E-state index in [1.807, 2.05) is 18.2 Å². The van der Waals surface area contributed by atoms with Gasteiger partial charge in [0.25, 0.3) is 0 Å². The molecule has 1 saturated heterocycles. The van der Waals surface area contributed by atoms with Crippen LogP contribution in [-0.4, -0.2) is 28.6 Å². The van der Waals surface area contributed by atoms with Crippen molar-refractivity contribution in [1.29, 1.82) is 0 Å². The molecule has 0 amide bonds. The van der Waals surface area contributed by atoms with Crippen LogP contribution in [0.4, 0.5) is 0 Å². The molecule has 1 aliphatic heterocycles. The molecule has 1 fully saturated rings. The molecule has 2 nitrogen and oxygen atoms in total. The van der Waals surface area contributed by atoms with Crippen LogP contribution in [0.5, 0.6) is 5.75 Å². The number of hydrogen-bond acceptors (Lipinski definition) is 2. The molecule has 1 aromatic carbocycles. The molecule has 0 radical (unpaired) electrons. The van der Waals surface area contributed by atoms with E-state index in [2.05, 4.69) is 18.7 Å². The lowest BCUT2D eigenvalue weighted by atomic mass is 10.0. The van der Waals surface area contributed by atoms with Gasteiger partial charge in [0.15, 0.2) is 0 Å². The third-order valence-corrected chi connectivity index (χ3v) is 3.53. The summed E-state index contributed by atoms with van der Waals surface area (Å²) in [4.78, 5) is 2.55. The largest absolute Gasteiger partial charge is 0.508 e. The minimum absolute atomic E-state index is 0.443. The Morgan fingerprint density at radius 1 is 1.38 bits per heavy atom. The summed E-state index contributed by atoms with van der Waals surface area (Å²) in [5, 5.41) is 9.78. The Kier molecular flexibility index (Phi) is 3.49.